The monoisotopic (exact) mass is 398 g/mol. The summed E-state index contributed by atoms with van der Waals surface area (Å²) in [6.07, 6.45) is 0. The van der Waals surface area contributed by atoms with Crippen LogP contribution in [-0.2, 0) is 0 Å². The van der Waals surface area contributed by atoms with Gasteiger partial charge in [-0.3, -0.25) is 14.9 Å². The first kappa shape index (κ1) is 18.9. The van der Waals surface area contributed by atoms with Crippen LogP contribution in [0.4, 0.5) is 11.4 Å². The van der Waals surface area contributed by atoms with Crippen molar-refractivity contribution >= 4 is 34.3 Å². The Bertz CT molecular complexity index is 1060. The number of nitrogens with zero attached hydrogens (tertiary/aromatic N) is 2. The first-order valence-electron chi connectivity index (χ1n) is 9.24. The Hall–Kier alpha value is -3.49. The second-order valence-electron chi connectivity index (χ2n) is 6.52. The van der Waals surface area contributed by atoms with Crippen LogP contribution in [0.15, 0.2) is 120 Å². The lowest BCUT2D eigenvalue weighted by atomic mass is 10.3. The maximum atomic E-state index is 11.0. The van der Waals surface area contributed by atoms with Gasteiger partial charge in [-0.15, -0.1) is 0 Å². The smallest absolute Gasteiger partial charge is 0.258 e. The van der Waals surface area contributed by atoms with Gasteiger partial charge >= 0.3 is 0 Å². The number of nitro benzene ring substituents is 1. The number of hydrogen-bond donors (Lipinski definition) is 0. The Morgan fingerprint density at radius 2 is 0.966 bits per heavy atom. The van der Waals surface area contributed by atoms with Crippen molar-refractivity contribution in [2.75, 3.05) is 0 Å². The van der Waals surface area contributed by atoms with E-state index in [-0.39, 0.29) is 5.69 Å². The van der Waals surface area contributed by atoms with Gasteiger partial charge in [0.2, 0.25) is 0 Å². The van der Waals surface area contributed by atoms with E-state index in [1.807, 2.05) is 54.6 Å². The predicted octanol–water partition coefficient (Wildman–Crippen LogP) is 5.40. The highest BCUT2D eigenvalue weighted by Gasteiger charge is 2.27. The fraction of sp³-hybridized carbons (Fsp3) is 0. The molecule has 0 radical (unpaired) electrons. The van der Waals surface area contributed by atoms with Crippen molar-refractivity contribution in [2.45, 2.75) is 0 Å². The van der Waals surface area contributed by atoms with Gasteiger partial charge in [-0.05, 0) is 12.1 Å². The summed E-state index contributed by atoms with van der Waals surface area (Å²) in [4.78, 5) is 10.7. The Morgan fingerprint density at radius 3 is 1.31 bits per heavy atom. The summed E-state index contributed by atoms with van der Waals surface area (Å²) in [5.74, 6) is 0. The number of rotatable bonds is 5. The van der Waals surface area contributed by atoms with Crippen molar-refractivity contribution in [3.8, 4) is 0 Å². The van der Waals surface area contributed by atoms with Gasteiger partial charge in [0, 0.05) is 28.0 Å². The molecule has 0 aliphatic rings. The predicted molar refractivity (Wildman–Crippen MR) is 120 cm³/mol. The first-order valence-corrected chi connectivity index (χ1v) is 11.0. The fourth-order valence-electron chi connectivity index (χ4n) is 3.37. The van der Waals surface area contributed by atoms with Gasteiger partial charge < -0.3 is 0 Å². The average Bonchev–Trinajstić information content (AvgIpc) is 2.79. The zero-order chi connectivity index (χ0) is 20.1. The molecule has 0 bridgehead atoms. The van der Waals surface area contributed by atoms with Gasteiger partial charge in [-0.1, -0.05) is 91.0 Å². The van der Waals surface area contributed by atoms with Crippen molar-refractivity contribution in [1.82, 2.24) is 0 Å². The molecule has 0 fully saturated rings. The van der Waals surface area contributed by atoms with Crippen LogP contribution in [0.25, 0.3) is 0 Å². The highest BCUT2D eigenvalue weighted by Crippen LogP contribution is 2.49. The molecule has 0 aromatic heterocycles. The van der Waals surface area contributed by atoms with Crippen molar-refractivity contribution in [3.05, 3.63) is 125 Å². The third-order valence-electron chi connectivity index (χ3n) is 4.72. The molecule has 0 spiro atoms. The van der Waals surface area contributed by atoms with Crippen molar-refractivity contribution < 1.29 is 4.92 Å². The summed E-state index contributed by atoms with van der Waals surface area (Å²) < 4.78 is 5.29. The van der Waals surface area contributed by atoms with Gasteiger partial charge in [0.25, 0.3) is 5.69 Å². The van der Waals surface area contributed by atoms with E-state index in [0.717, 1.165) is 21.6 Å². The van der Waals surface area contributed by atoms with Crippen LogP contribution < -0.4 is 15.9 Å². The topological polar surface area (TPSA) is 55.5 Å². The highest BCUT2D eigenvalue weighted by molar-refractivity contribution is 7.87. The third-order valence-corrected chi connectivity index (χ3v) is 8.38. The van der Waals surface area contributed by atoms with Gasteiger partial charge in [0.05, 0.1) is 17.7 Å². The SMILES string of the molecule is O=[N+]([O-])c1ccc(N=P(c2ccccc2)(c2ccccc2)c2ccccc2)cc1. The van der Waals surface area contributed by atoms with Crippen molar-refractivity contribution in [2.24, 2.45) is 4.74 Å². The standard InChI is InChI=1S/C24H19N2O2P/c27-26(28)21-18-16-20(17-19-21)25-29(22-10-4-1-5-11-22,23-12-6-2-7-13-23)24-14-8-3-9-15-24/h1-19H. The molecule has 0 amide bonds. The maximum absolute atomic E-state index is 11.0. The normalized spacial score (nSPS) is 11.0. The number of benzene rings is 4. The molecule has 4 aromatic rings. The van der Waals surface area contributed by atoms with Crippen LogP contribution in [0, 0.1) is 10.1 Å². The molecule has 29 heavy (non-hydrogen) atoms. The second kappa shape index (κ2) is 8.26. The molecular weight excluding hydrogens is 379 g/mol. The molecule has 0 saturated carbocycles. The number of hydrogen-bond acceptors (Lipinski definition) is 3. The largest absolute Gasteiger partial charge is 0.269 e. The molecule has 0 aliphatic heterocycles. The number of nitro groups is 1. The molecule has 0 N–H and O–H groups in total. The van der Waals surface area contributed by atoms with Crippen molar-refractivity contribution in [1.29, 1.82) is 0 Å². The van der Waals surface area contributed by atoms with Gasteiger partial charge in [0.1, 0.15) is 0 Å². The van der Waals surface area contributed by atoms with E-state index < -0.39 is 12.0 Å². The third kappa shape index (κ3) is 3.75. The summed E-state index contributed by atoms with van der Waals surface area (Å²) in [7, 11) is -2.36. The van der Waals surface area contributed by atoms with Crippen LogP contribution >= 0.6 is 7.05 Å². The van der Waals surface area contributed by atoms with E-state index in [9.17, 15) is 10.1 Å². The molecule has 4 rings (SSSR count). The Kier molecular flexibility index (Phi) is 5.37. The minimum absolute atomic E-state index is 0.0621. The zero-order valence-corrected chi connectivity index (χ0v) is 16.5. The number of non-ortho nitro benzene ring substituents is 1. The molecular formula is C24H19N2O2P. The first-order chi connectivity index (χ1) is 14.2. The lowest BCUT2D eigenvalue weighted by molar-refractivity contribution is -0.384. The highest BCUT2D eigenvalue weighted by atomic mass is 31.2. The lowest BCUT2D eigenvalue weighted by Gasteiger charge is -2.26. The summed E-state index contributed by atoms with van der Waals surface area (Å²) in [5, 5.41) is 14.4. The van der Waals surface area contributed by atoms with Crippen LogP contribution in [0.5, 0.6) is 0 Å². The minimum atomic E-state index is -2.36. The van der Waals surface area contributed by atoms with E-state index in [0.29, 0.717) is 0 Å². The van der Waals surface area contributed by atoms with Gasteiger partial charge in [0.15, 0.2) is 0 Å². The second-order valence-corrected chi connectivity index (χ2v) is 9.54. The van der Waals surface area contributed by atoms with Crippen LogP contribution in [0.2, 0.25) is 0 Å². The minimum Gasteiger partial charge on any atom is -0.258 e. The molecule has 5 heteroatoms. The van der Waals surface area contributed by atoms with E-state index >= 15 is 0 Å². The summed E-state index contributed by atoms with van der Waals surface area (Å²) >= 11 is 0. The molecule has 4 nitrogen and oxygen atoms in total. The maximum Gasteiger partial charge on any atom is 0.269 e. The molecule has 0 aliphatic carbocycles. The molecule has 0 saturated heterocycles. The van der Waals surface area contributed by atoms with Gasteiger partial charge in [-0.25, -0.2) is 0 Å². The Labute approximate surface area is 169 Å². The van der Waals surface area contributed by atoms with E-state index in [1.165, 1.54) is 12.1 Å². The average molecular weight is 398 g/mol. The fourth-order valence-corrected chi connectivity index (χ4v) is 6.90. The molecule has 4 aromatic carbocycles. The van der Waals surface area contributed by atoms with Crippen LogP contribution in [-0.4, -0.2) is 4.92 Å². The summed E-state index contributed by atoms with van der Waals surface area (Å²) in [5.41, 5.74) is 0.785. The van der Waals surface area contributed by atoms with Crippen molar-refractivity contribution in [3.63, 3.8) is 0 Å². The Morgan fingerprint density at radius 1 is 0.586 bits per heavy atom. The molecule has 0 unspecified atom stereocenters. The van der Waals surface area contributed by atoms with E-state index in [2.05, 4.69) is 36.4 Å². The summed E-state index contributed by atoms with van der Waals surface area (Å²) in [6, 6.07) is 37.3. The Balaban J connectivity index is 2.06. The molecule has 142 valence electrons. The quantitative estimate of drug-likeness (QED) is 0.257. The van der Waals surface area contributed by atoms with E-state index in [1.54, 1.807) is 12.1 Å². The van der Waals surface area contributed by atoms with E-state index in [4.69, 9.17) is 4.74 Å². The summed E-state index contributed by atoms with van der Waals surface area (Å²) in [6.45, 7) is 0. The lowest BCUT2D eigenvalue weighted by Crippen LogP contribution is -2.25. The zero-order valence-electron chi connectivity index (χ0n) is 15.6. The van der Waals surface area contributed by atoms with Gasteiger partial charge in [-0.2, -0.15) is 0 Å². The van der Waals surface area contributed by atoms with Crippen LogP contribution in [0.1, 0.15) is 0 Å². The molecule has 0 atom stereocenters. The van der Waals surface area contributed by atoms with Crippen LogP contribution in [0.3, 0.4) is 0 Å². The molecule has 0 heterocycles.